The molecule has 1 aliphatic carbocycles. The summed E-state index contributed by atoms with van der Waals surface area (Å²) < 4.78 is 6.41. The number of amides is 2. The van der Waals surface area contributed by atoms with E-state index in [9.17, 15) is 9.59 Å². The van der Waals surface area contributed by atoms with Gasteiger partial charge in [0, 0.05) is 10.9 Å². The van der Waals surface area contributed by atoms with Crippen LogP contribution in [-0.2, 0) is 9.59 Å². The molecule has 0 aliphatic heterocycles. The van der Waals surface area contributed by atoms with Gasteiger partial charge in [-0.05, 0) is 37.5 Å². The smallest absolute Gasteiger partial charge is 0.279 e. The summed E-state index contributed by atoms with van der Waals surface area (Å²) in [6.45, 7) is 1.64. The molecular formula is C17H23BrN2O3. The molecule has 0 saturated heterocycles. The highest BCUT2D eigenvalue weighted by Gasteiger charge is 2.18. The molecule has 0 bridgehead atoms. The van der Waals surface area contributed by atoms with E-state index < -0.39 is 6.10 Å². The van der Waals surface area contributed by atoms with Gasteiger partial charge in [-0.15, -0.1) is 0 Å². The number of halogens is 1. The number of carbonyl (C=O) groups is 2. The first-order valence-electron chi connectivity index (χ1n) is 8.05. The monoisotopic (exact) mass is 382 g/mol. The van der Waals surface area contributed by atoms with Gasteiger partial charge in [-0.3, -0.25) is 20.4 Å². The number of hydrazine groups is 1. The normalized spacial score (nSPS) is 15.9. The average Bonchev–Trinajstić information content (AvgIpc) is 3.04. The van der Waals surface area contributed by atoms with Gasteiger partial charge in [-0.1, -0.05) is 47.7 Å². The van der Waals surface area contributed by atoms with Crippen LogP contribution in [0.5, 0.6) is 5.75 Å². The van der Waals surface area contributed by atoms with Crippen molar-refractivity contribution in [2.24, 2.45) is 5.92 Å². The van der Waals surface area contributed by atoms with Crippen molar-refractivity contribution >= 4 is 27.7 Å². The largest absolute Gasteiger partial charge is 0.481 e. The topological polar surface area (TPSA) is 67.4 Å². The van der Waals surface area contributed by atoms with Crippen molar-refractivity contribution in [1.29, 1.82) is 0 Å². The van der Waals surface area contributed by atoms with E-state index in [4.69, 9.17) is 4.74 Å². The minimum absolute atomic E-state index is 0.153. The molecule has 5 nitrogen and oxygen atoms in total. The fraction of sp³-hybridized carbons (Fsp3) is 0.529. The molecule has 2 rings (SSSR count). The van der Waals surface area contributed by atoms with E-state index in [2.05, 4.69) is 26.8 Å². The predicted octanol–water partition coefficient (Wildman–Crippen LogP) is 3.33. The first-order valence-corrected chi connectivity index (χ1v) is 8.85. The molecule has 0 unspecified atom stereocenters. The van der Waals surface area contributed by atoms with E-state index in [1.54, 1.807) is 19.1 Å². The van der Waals surface area contributed by atoms with Gasteiger partial charge < -0.3 is 4.74 Å². The van der Waals surface area contributed by atoms with E-state index in [1.165, 1.54) is 25.7 Å². The molecule has 6 heteroatoms. The molecular weight excluding hydrogens is 360 g/mol. The average molecular weight is 383 g/mol. The molecule has 1 aromatic carbocycles. The number of carbonyl (C=O) groups excluding carboxylic acids is 2. The van der Waals surface area contributed by atoms with Crippen LogP contribution in [0.15, 0.2) is 28.7 Å². The van der Waals surface area contributed by atoms with Crippen molar-refractivity contribution in [2.45, 2.75) is 51.6 Å². The SMILES string of the molecule is C[C@@H](Oc1cccc(Br)c1)C(=O)NNC(=O)CCC1CCCC1. The Balaban J connectivity index is 1.67. The molecule has 0 radical (unpaired) electrons. The summed E-state index contributed by atoms with van der Waals surface area (Å²) in [7, 11) is 0. The van der Waals surface area contributed by atoms with Crippen molar-refractivity contribution in [3.8, 4) is 5.75 Å². The van der Waals surface area contributed by atoms with Gasteiger partial charge in [0.15, 0.2) is 6.10 Å². The third-order valence-electron chi connectivity index (χ3n) is 4.06. The third-order valence-corrected chi connectivity index (χ3v) is 4.55. The van der Waals surface area contributed by atoms with Gasteiger partial charge >= 0.3 is 0 Å². The molecule has 1 aliphatic rings. The zero-order chi connectivity index (χ0) is 16.7. The lowest BCUT2D eigenvalue weighted by atomic mass is 10.0. The van der Waals surface area contributed by atoms with Crippen LogP contribution in [0.3, 0.4) is 0 Å². The lowest BCUT2D eigenvalue weighted by Gasteiger charge is -2.15. The number of hydrogen-bond donors (Lipinski definition) is 2. The summed E-state index contributed by atoms with van der Waals surface area (Å²) in [5.41, 5.74) is 4.87. The molecule has 0 aromatic heterocycles. The number of hydrogen-bond acceptors (Lipinski definition) is 3. The third kappa shape index (κ3) is 6.22. The maximum Gasteiger partial charge on any atom is 0.279 e. The maximum atomic E-state index is 11.9. The molecule has 23 heavy (non-hydrogen) atoms. The highest BCUT2D eigenvalue weighted by atomic mass is 79.9. The van der Waals surface area contributed by atoms with Gasteiger partial charge in [0.1, 0.15) is 5.75 Å². The Hall–Kier alpha value is -1.56. The van der Waals surface area contributed by atoms with Crippen LogP contribution in [0, 0.1) is 5.92 Å². The van der Waals surface area contributed by atoms with Crippen molar-refractivity contribution < 1.29 is 14.3 Å². The van der Waals surface area contributed by atoms with Crippen LogP contribution < -0.4 is 15.6 Å². The Morgan fingerprint density at radius 1 is 1.30 bits per heavy atom. The number of ether oxygens (including phenoxy) is 1. The highest BCUT2D eigenvalue weighted by Crippen LogP contribution is 2.28. The number of nitrogens with one attached hydrogen (secondary N) is 2. The molecule has 2 N–H and O–H groups in total. The standard InChI is InChI=1S/C17H23BrN2O3/c1-12(23-15-8-4-7-14(18)11-15)17(22)20-19-16(21)10-9-13-5-2-3-6-13/h4,7-8,11-13H,2-3,5-6,9-10H2,1H3,(H,19,21)(H,20,22)/t12-/m1/s1. The van der Waals surface area contributed by atoms with Gasteiger partial charge in [-0.25, -0.2) is 0 Å². The fourth-order valence-electron chi connectivity index (χ4n) is 2.73. The molecule has 1 aromatic rings. The minimum atomic E-state index is -0.695. The van der Waals surface area contributed by atoms with Crippen molar-refractivity contribution in [1.82, 2.24) is 10.9 Å². The fourth-order valence-corrected chi connectivity index (χ4v) is 3.11. The predicted molar refractivity (Wildman–Crippen MR) is 91.7 cm³/mol. The van der Waals surface area contributed by atoms with Crippen LogP contribution in [0.25, 0.3) is 0 Å². The van der Waals surface area contributed by atoms with Gasteiger partial charge in [0.05, 0.1) is 0 Å². The lowest BCUT2D eigenvalue weighted by Crippen LogP contribution is -2.47. The first-order chi connectivity index (χ1) is 11.0. The summed E-state index contributed by atoms with van der Waals surface area (Å²) >= 11 is 3.35. The van der Waals surface area contributed by atoms with Crippen LogP contribution in [0.1, 0.15) is 45.4 Å². The Morgan fingerprint density at radius 3 is 2.74 bits per heavy atom. The summed E-state index contributed by atoms with van der Waals surface area (Å²) in [6.07, 6.45) is 5.63. The molecule has 1 atom stereocenters. The van der Waals surface area contributed by atoms with Crippen molar-refractivity contribution in [2.75, 3.05) is 0 Å². The van der Waals surface area contributed by atoms with Crippen LogP contribution in [0.4, 0.5) is 0 Å². The number of benzene rings is 1. The number of rotatable bonds is 6. The minimum Gasteiger partial charge on any atom is -0.481 e. The Kier molecular flexibility index (Phi) is 6.89. The summed E-state index contributed by atoms with van der Waals surface area (Å²) in [5, 5.41) is 0. The molecule has 2 amide bonds. The second kappa shape index (κ2) is 8.91. The van der Waals surface area contributed by atoms with E-state index in [-0.39, 0.29) is 11.8 Å². The zero-order valence-electron chi connectivity index (χ0n) is 13.3. The first kappa shape index (κ1) is 17.8. The Morgan fingerprint density at radius 2 is 2.04 bits per heavy atom. The summed E-state index contributed by atoms with van der Waals surface area (Å²) in [5.74, 6) is 0.726. The van der Waals surface area contributed by atoms with E-state index >= 15 is 0 Å². The van der Waals surface area contributed by atoms with Gasteiger partial charge in [0.2, 0.25) is 5.91 Å². The van der Waals surface area contributed by atoms with Crippen LogP contribution in [0.2, 0.25) is 0 Å². The van der Waals surface area contributed by atoms with E-state index in [0.29, 0.717) is 18.1 Å². The molecule has 0 spiro atoms. The lowest BCUT2D eigenvalue weighted by molar-refractivity contribution is -0.132. The molecule has 1 saturated carbocycles. The van der Waals surface area contributed by atoms with Crippen LogP contribution in [-0.4, -0.2) is 17.9 Å². The Bertz CT molecular complexity index is 544. The van der Waals surface area contributed by atoms with Gasteiger partial charge in [-0.2, -0.15) is 0 Å². The van der Waals surface area contributed by atoms with Crippen molar-refractivity contribution in [3.05, 3.63) is 28.7 Å². The summed E-state index contributed by atoms with van der Waals surface area (Å²) in [6, 6.07) is 7.26. The molecule has 1 fully saturated rings. The molecule has 126 valence electrons. The van der Waals surface area contributed by atoms with E-state index in [1.807, 2.05) is 12.1 Å². The van der Waals surface area contributed by atoms with Crippen LogP contribution >= 0.6 is 15.9 Å². The zero-order valence-corrected chi connectivity index (χ0v) is 14.9. The highest BCUT2D eigenvalue weighted by molar-refractivity contribution is 9.10. The van der Waals surface area contributed by atoms with E-state index in [0.717, 1.165) is 10.9 Å². The Labute approximate surface area is 145 Å². The molecule has 0 heterocycles. The quantitative estimate of drug-likeness (QED) is 0.741. The maximum absolute atomic E-state index is 11.9. The second-order valence-electron chi connectivity index (χ2n) is 5.94. The summed E-state index contributed by atoms with van der Waals surface area (Å²) in [4.78, 5) is 23.7. The van der Waals surface area contributed by atoms with Gasteiger partial charge in [0.25, 0.3) is 5.91 Å². The van der Waals surface area contributed by atoms with Crippen molar-refractivity contribution in [3.63, 3.8) is 0 Å². The second-order valence-corrected chi connectivity index (χ2v) is 6.86.